The molecule has 214 valence electrons. The Morgan fingerprint density at radius 3 is 2.40 bits per heavy atom. The van der Waals surface area contributed by atoms with Crippen molar-refractivity contribution in [2.75, 3.05) is 0 Å². The molecule has 0 aromatic heterocycles. The number of hydrogen-bond donors (Lipinski definition) is 5. The van der Waals surface area contributed by atoms with E-state index in [0.717, 1.165) is 0 Å². The van der Waals surface area contributed by atoms with E-state index in [2.05, 4.69) is 0 Å². The number of benzene rings is 1. The number of Topliss-reactive ketones (excluding diaryl/α,β-unsaturated/α-hetero) is 2. The Labute approximate surface area is 228 Å². The van der Waals surface area contributed by atoms with E-state index in [1.165, 1.54) is 6.92 Å². The van der Waals surface area contributed by atoms with E-state index < -0.39 is 89.1 Å². The first-order valence-corrected chi connectivity index (χ1v) is 13.5. The van der Waals surface area contributed by atoms with Crippen LogP contribution in [0.4, 0.5) is 0 Å². The molecule has 10 atom stereocenters. The van der Waals surface area contributed by atoms with Gasteiger partial charge in [0.1, 0.15) is 29.3 Å². The Bertz CT molecular complexity index is 1430. The second kappa shape index (κ2) is 8.11. The molecule has 0 bridgehead atoms. The lowest BCUT2D eigenvalue weighted by Gasteiger charge is -2.42. The summed E-state index contributed by atoms with van der Waals surface area (Å²) in [5.41, 5.74) is -3.33. The fourth-order valence-corrected chi connectivity index (χ4v) is 7.85. The molecule has 1 saturated carbocycles. The van der Waals surface area contributed by atoms with Crippen LogP contribution in [0.15, 0.2) is 11.1 Å². The van der Waals surface area contributed by atoms with Crippen molar-refractivity contribution in [2.24, 2.45) is 0 Å². The van der Waals surface area contributed by atoms with E-state index in [1.54, 1.807) is 13.8 Å². The largest absolute Gasteiger partial charge is 0.507 e. The lowest BCUT2D eigenvalue weighted by molar-refractivity contribution is -0.238. The standard InChI is InChI=1S/C28H30O12/c1-8-13(29)4-5-15(38-8)40-26-27-20-19(25(27)39-10(3)28(26,27)36)23(34)17-18(24(20)35)22(33)16-9(2)37-11(7-14(30)31)6-12(16)21(17)32/h8-11,13,15,25-26,29,34-36H,4-7H2,1-3H3,(H,30,31)/t8-,9-,10?,11+,13-,15-,25?,26?,27?,28?/m0/s1. The third-order valence-electron chi connectivity index (χ3n) is 9.76. The van der Waals surface area contributed by atoms with Crippen molar-refractivity contribution in [2.45, 2.75) is 106 Å². The Kier molecular flexibility index (Phi) is 5.29. The van der Waals surface area contributed by atoms with Crippen LogP contribution in [0.1, 0.15) is 84.4 Å². The van der Waals surface area contributed by atoms with Gasteiger partial charge in [0, 0.05) is 35.1 Å². The summed E-state index contributed by atoms with van der Waals surface area (Å²) >= 11 is 0. The molecule has 5 N–H and O–H groups in total. The maximum Gasteiger partial charge on any atom is 0.305 e. The van der Waals surface area contributed by atoms with Crippen molar-refractivity contribution in [3.63, 3.8) is 0 Å². The van der Waals surface area contributed by atoms with Gasteiger partial charge in [0.25, 0.3) is 0 Å². The van der Waals surface area contributed by atoms with E-state index in [4.69, 9.17) is 18.9 Å². The molecule has 0 amide bonds. The molecule has 1 aromatic carbocycles. The van der Waals surface area contributed by atoms with Crippen LogP contribution in [-0.4, -0.2) is 91.6 Å². The Hall–Kier alpha value is -2.87. The lowest BCUT2D eigenvalue weighted by atomic mass is 9.65. The average molecular weight is 559 g/mol. The van der Waals surface area contributed by atoms with Crippen molar-refractivity contribution < 1.29 is 58.9 Å². The third kappa shape index (κ3) is 2.88. The molecule has 3 aliphatic heterocycles. The van der Waals surface area contributed by atoms with Gasteiger partial charge in [0.2, 0.25) is 0 Å². The number of carbonyl (C=O) groups excluding carboxylic acids is 2. The van der Waals surface area contributed by atoms with Crippen LogP contribution < -0.4 is 0 Å². The van der Waals surface area contributed by atoms with E-state index >= 15 is 0 Å². The molecule has 40 heavy (non-hydrogen) atoms. The van der Waals surface area contributed by atoms with Gasteiger partial charge in [-0.3, -0.25) is 14.4 Å². The molecule has 1 aromatic rings. The molecule has 7 rings (SSSR count). The van der Waals surface area contributed by atoms with Gasteiger partial charge in [0.15, 0.2) is 17.9 Å². The molecular formula is C28H30O12. The highest BCUT2D eigenvalue weighted by molar-refractivity contribution is 6.30. The minimum atomic E-state index is -1.59. The normalized spacial score (nSPS) is 42.8. The van der Waals surface area contributed by atoms with Crippen molar-refractivity contribution in [3.05, 3.63) is 33.4 Å². The summed E-state index contributed by atoms with van der Waals surface area (Å²) in [6, 6.07) is 0. The molecule has 12 nitrogen and oxygen atoms in total. The second-order valence-corrected chi connectivity index (χ2v) is 11.8. The summed E-state index contributed by atoms with van der Waals surface area (Å²) in [6.45, 7) is 4.89. The van der Waals surface area contributed by atoms with Crippen molar-refractivity contribution >= 4 is 17.5 Å². The predicted octanol–water partition coefficient (Wildman–Crippen LogP) is 1.15. The minimum Gasteiger partial charge on any atom is -0.507 e. The predicted molar refractivity (Wildman–Crippen MR) is 131 cm³/mol. The summed E-state index contributed by atoms with van der Waals surface area (Å²) in [5, 5.41) is 53.9. The number of ether oxygens (including phenoxy) is 4. The van der Waals surface area contributed by atoms with Crippen LogP contribution in [0, 0.1) is 0 Å². The number of rotatable bonds is 4. The zero-order valence-corrected chi connectivity index (χ0v) is 22.0. The number of hydrogen-bond acceptors (Lipinski definition) is 11. The van der Waals surface area contributed by atoms with Gasteiger partial charge in [-0.05, 0) is 27.2 Å². The maximum absolute atomic E-state index is 13.8. The second-order valence-electron chi connectivity index (χ2n) is 11.8. The molecule has 1 spiro atoms. The fourth-order valence-electron chi connectivity index (χ4n) is 7.85. The number of ketones is 2. The maximum atomic E-state index is 13.8. The number of carbonyl (C=O) groups is 3. The first kappa shape index (κ1) is 26.1. The lowest BCUT2D eigenvalue weighted by Crippen LogP contribution is -2.42. The quantitative estimate of drug-likeness (QED) is 0.332. The molecule has 2 saturated heterocycles. The summed E-state index contributed by atoms with van der Waals surface area (Å²) < 4.78 is 23.7. The number of fused-ring (bicyclic) bond motifs is 3. The van der Waals surface area contributed by atoms with Gasteiger partial charge in [0.05, 0.1) is 53.5 Å². The number of phenolic OH excluding ortho intramolecular Hbond substituents is 2. The molecule has 3 aliphatic carbocycles. The Balaban J connectivity index is 1.30. The SMILES string of the molecule is CC1OC2c3c(O)c4c(c(O)c3C23C(O[C@H]2CC[C@H](O)[C@H](C)O2)C13O)C(=O)C1=C(C[C@H](CC(=O)O)O[C@H]1C)C4=O. The van der Waals surface area contributed by atoms with Crippen molar-refractivity contribution in [1.82, 2.24) is 0 Å². The van der Waals surface area contributed by atoms with E-state index in [-0.39, 0.29) is 46.2 Å². The molecule has 0 radical (unpaired) electrons. The van der Waals surface area contributed by atoms with Gasteiger partial charge in [-0.2, -0.15) is 0 Å². The molecular weight excluding hydrogens is 528 g/mol. The first-order valence-electron chi connectivity index (χ1n) is 13.5. The molecule has 6 aliphatic rings. The number of carboxylic acids is 1. The number of aliphatic hydroxyl groups is 2. The zero-order chi connectivity index (χ0) is 28.6. The molecule has 12 heteroatoms. The van der Waals surface area contributed by atoms with Crippen LogP contribution in [0.5, 0.6) is 11.5 Å². The monoisotopic (exact) mass is 558 g/mol. The van der Waals surface area contributed by atoms with Gasteiger partial charge >= 0.3 is 5.97 Å². The number of carboxylic acid groups (broad SMARTS) is 1. The summed E-state index contributed by atoms with van der Waals surface area (Å²) in [6.07, 6.45) is -5.85. The summed E-state index contributed by atoms with van der Waals surface area (Å²) in [5.74, 6) is -3.54. The van der Waals surface area contributed by atoms with Crippen LogP contribution >= 0.6 is 0 Å². The summed E-state index contributed by atoms with van der Waals surface area (Å²) in [7, 11) is 0. The van der Waals surface area contributed by atoms with E-state index in [9.17, 15) is 39.9 Å². The molecule has 3 fully saturated rings. The number of aliphatic carboxylic acids is 1. The number of phenols is 2. The van der Waals surface area contributed by atoms with E-state index in [1.807, 2.05) is 0 Å². The third-order valence-corrected chi connectivity index (χ3v) is 9.76. The number of aliphatic hydroxyl groups excluding tert-OH is 1. The fraction of sp³-hybridized carbons (Fsp3) is 0.607. The van der Waals surface area contributed by atoms with Crippen molar-refractivity contribution in [1.29, 1.82) is 0 Å². The van der Waals surface area contributed by atoms with Crippen LogP contribution in [0.3, 0.4) is 0 Å². The summed E-state index contributed by atoms with van der Waals surface area (Å²) in [4.78, 5) is 38.7. The average Bonchev–Trinajstić information content (AvgIpc) is 3.37. The zero-order valence-electron chi connectivity index (χ0n) is 22.0. The Morgan fingerprint density at radius 2 is 1.73 bits per heavy atom. The highest BCUT2D eigenvalue weighted by Crippen LogP contribution is 2.82. The van der Waals surface area contributed by atoms with Gasteiger partial charge in [-0.15, -0.1) is 0 Å². The Morgan fingerprint density at radius 1 is 1.02 bits per heavy atom. The van der Waals surface area contributed by atoms with Crippen molar-refractivity contribution in [3.8, 4) is 11.5 Å². The van der Waals surface area contributed by atoms with Crippen LogP contribution in [0.25, 0.3) is 0 Å². The number of aromatic hydroxyl groups is 2. The smallest absolute Gasteiger partial charge is 0.305 e. The molecule has 5 unspecified atom stereocenters. The van der Waals surface area contributed by atoms with Gasteiger partial charge in [-0.25, -0.2) is 0 Å². The van der Waals surface area contributed by atoms with E-state index in [0.29, 0.717) is 12.8 Å². The first-order chi connectivity index (χ1) is 18.8. The van der Waals surface area contributed by atoms with Crippen LogP contribution in [-0.2, 0) is 29.2 Å². The van der Waals surface area contributed by atoms with Gasteiger partial charge in [-0.1, -0.05) is 0 Å². The highest BCUT2D eigenvalue weighted by atomic mass is 16.7. The van der Waals surface area contributed by atoms with Gasteiger partial charge < -0.3 is 44.5 Å². The minimum absolute atomic E-state index is 0.0141. The highest BCUT2D eigenvalue weighted by Gasteiger charge is 2.93. The van der Waals surface area contributed by atoms with Crippen LogP contribution in [0.2, 0.25) is 0 Å². The topological polar surface area (TPSA) is 189 Å². The molecule has 3 heterocycles.